The van der Waals surface area contributed by atoms with Gasteiger partial charge in [-0.1, -0.05) is 6.42 Å². The first-order chi connectivity index (χ1) is 11.0. The summed E-state index contributed by atoms with van der Waals surface area (Å²) in [6.07, 6.45) is 2.75. The maximum absolute atomic E-state index is 12.4. The monoisotopic (exact) mass is 346 g/mol. The van der Waals surface area contributed by atoms with Crippen molar-refractivity contribution in [2.45, 2.75) is 31.9 Å². The largest absolute Gasteiger partial charge is 0.365 e. The molecule has 0 radical (unpaired) electrons. The summed E-state index contributed by atoms with van der Waals surface area (Å²) in [5, 5.41) is 3.42. The van der Waals surface area contributed by atoms with E-state index in [4.69, 9.17) is 5.73 Å². The average Bonchev–Trinajstić information content (AvgIpc) is 2.96. The second kappa shape index (κ2) is 6.66. The standard InChI is InChI=1S/C14H20F2N4O2S/c15-13(16)22-7-14(2-1-3-14)9-6-20(5-4-18-9)12-10(11(17)21)23-8-19-12/h8-9,13,18H,1-7H2,(H2,17,21)/t9-/m1/s1. The maximum atomic E-state index is 12.4. The molecule has 2 aliphatic rings. The van der Waals surface area contributed by atoms with Crippen molar-refractivity contribution in [3.8, 4) is 0 Å². The van der Waals surface area contributed by atoms with Crippen LogP contribution in [0.4, 0.5) is 14.6 Å². The van der Waals surface area contributed by atoms with Crippen molar-refractivity contribution >= 4 is 23.1 Å². The molecule has 1 amide bonds. The van der Waals surface area contributed by atoms with Crippen LogP contribution in [-0.2, 0) is 4.74 Å². The number of anilines is 1. The fourth-order valence-corrected chi connectivity index (χ4v) is 4.10. The van der Waals surface area contributed by atoms with Crippen molar-refractivity contribution in [1.82, 2.24) is 10.3 Å². The molecule has 1 aromatic heterocycles. The Hall–Kier alpha value is -1.32. The van der Waals surface area contributed by atoms with Gasteiger partial charge in [0.15, 0.2) is 5.82 Å². The third-order valence-corrected chi connectivity index (χ3v) is 5.66. The number of nitrogens with two attached hydrogens (primary N) is 1. The van der Waals surface area contributed by atoms with E-state index < -0.39 is 12.5 Å². The van der Waals surface area contributed by atoms with Crippen molar-refractivity contribution in [3.05, 3.63) is 10.4 Å². The van der Waals surface area contributed by atoms with Crippen molar-refractivity contribution in [3.63, 3.8) is 0 Å². The number of hydrogen-bond donors (Lipinski definition) is 2. The average molecular weight is 346 g/mol. The van der Waals surface area contributed by atoms with Crippen LogP contribution < -0.4 is 16.0 Å². The number of aromatic nitrogens is 1. The molecule has 23 heavy (non-hydrogen) atoms. The summed E-state index contributed by atoms with van der Waals surface area (Å²) in [5.41, 5.74) is 6.73. The first-order valence-corrected chi connectivity index (χ1v) is 8.51. The summed E-state index contributed by atoms with van der Waals surface area (Å²) in [6, 6.07) is 0.0335. The second-order valence-electron chi connectivity index (χ2n) is 6.11. The van der Waals surface area contributed by atoms with E-state index in [9.17, 15) is 13.6 Å². The third kappa shape index (κ3) is 3.31. The number of primary amides is 1. The molecule has 1 saturated heterocycles. The van der Waals surface area contributed by atoms with Crippen LogP contribution in [0.5, 0.6) is 0 Å². The molecule has 6 nitrogen and oxygen atoms in total. The first kappa shape index (κ1) is 16.5. The number of piperazine rings is 1. The van der Waals surface area contributed by atoms with Gasteiger partial charge in [0.05, 0.1) is 12.1 Å². The van der Waals surface area contributed by atoms with E-state index in [-0.39, 0.29) is 18.1 Å². The number of nitrogens with one attached hydrogen (secondary N) is 1. The van der Waals surface area contributed by atoms with Gasteiger partial charge in [0.25, 0.3) is 5.91 Å². The Morgan fingerprint density at radius 1 is 1.61 bits per heavy atom. The summed E-state index contributed by atoms with van der Waals surface area (Å²) in [5.74, 6) is 0.107. The van der Waals surface area contributed by atoms with Gasteiger partial charge in [-0.25, -0.2) is 4.98 Å². The number of thiazole rings is 1. The van der Waals surface area contributed by atoms with Gasteiger partial charge in [-0.05, 0) is 12.8 Å². The van der Waals surface area contributed by atoms with E-state index in [2.05, 4.69) is 15.0 Å². The van der Waals surface area contributed by atoms with E-state index in [0.29, 0.717) is 30.3 Å². The summed E-state index contributed by atoms with van der Waals surface area (Å²) in [4.78, 5) is 18.2. The molecule has 2 heterocycles. The van der Waals surface area contributed by atoms with Crippen LogP contribution in [0.1, 0.15) is 28.9 Å². The Morgan fingerprint density at radius 2 is 2.39 bits per heavy atom. The summed E-state index contributed by atoms with van der Waals surface area (Å²) < 4.78 is 29.5. The van der Waals surface area contributed by atoms with Crippen LogP contribution >= 0.6 is 11.3 Å². The molecular weight excluding hydrogens is 326 g/mol. The SMILES string of the molecule is NC(=O)c1scnc1N1CCN[C@@H](C2(COC(F)F)CCC2)C1. The minimum atomic E-state index is -2.74. The molecule has 0 bridgehead atoms. The highest BCUT2D eigenvalue weighted by Crippen LogP contribution is 2.45. The molecule has 1 atom stereocenters. The lowest BCUT2D eigenvalue weighted by Crippen LogP contribution is -2.62. The van der Waals surface area contributed by atoms with E-state index in [0.717, 1.165) is 19.3 Å². The van der Waals surface area contributed by atoms with E-state index in [1.807, 2.05) is 4.90 Å². The fraction of sp³-hybridized carbons (Fsp3) is 0.714. The van der Waals surface area contributed by atoms with Gasteiger partial charge in [-0.15, -0.1) is 11.3 Å². The van der Waals surface area contributed by atoms with E-state index in [1.54, 1.807) is 5.51 Å². The maximum Gasteiger partial charge on any atom is 0.345 e. The number of rotatable bonds is 6. The first-order valence-electron chi connectivity index (χ1n) is 7.63. The molecule has 2 fully saturated rings. The number of halogens is 2. The number of ether oxygens (including phenoxy) is 1. The minimum absolute atomic E-state index is 0.0335. The Labute approximate surface area is 137 Å². The number of nitrogens with zero attached hydrogens (tertiary/aromatic N) is 2. The Balaban J connectivity index is 1.72. The van der Waals surface area contributed by atoms with Crippen LogP contribution in [-0.4, -0.2) is 49.8 Å². The zero-order valence-corrected chi connectivity index (χ0v) is 13.5. The van der Waals surface area contributed by atoms with Gasteiger partial charge in [-0.3, -0.25) is 4.79 Å². The summed E-state index contributed by atoms with van der Waals surface area (Å²) >= 11 is 1.22. The van der Waals surface area contributed by atoms with Crippen LogP contribution in [0.3, 0.4) is 0 Å². The molecule has 9 heteroatoms. The molecule has 3 rings (SSSR count). The van der Waals surface area contributed by atoms with Gasteiger partial charge in [-0.2, -0.15) is 8.78 Å². The van der Waals surface area contributed by atoms with Crippen LogP contribution in [0, 0.1) is 5.41 Å². The molecule has 1 aromatic rings. The molecule has 1 saturated carbocycles. The number of alkyl halides is 2. The zero-order chi connectivity index (χ0) is 16.4. The highest BCUT2D eigenvalue weighted by atomic mass is 32.1. The van der Waals surface area contributed by atoms with E-state index >= 15 is 0 Å². The molecule has 3 N–H and O–H groups in total. The Morgan fingerprint density at radius 3 is 3.00 bits per heavy atom. The van der Waals surface area contributed by atoms with Crippen molar-refractivity contribution < 1.29 is 18.3 Å². The zero-order valence-electron chi connectivity index (χ0n) is 12.6. The predicted molar refractivity (Wildman–Crippen MR) is 82.9 cm³/mol. The van der Waals surface area contributed by atoms with E-state index in [1.165, 1.54) is 11.3 Å². The molecule has 128 valence electrons. The van der Waals surface area contributed by atoms with Crippen LogP contribution in [0.2, 0.25) is 0 Å². The Kier molecular flexibility index (Phi) is 4.79. The van der Waals surface area contributed by atoms with Crippen molar-refractivity contribution in [2.75, 3.05) is 31.1 Å². The summed E-state index contributed by atoms with van der Waals surface area (Å²) in [7, 11) is 0. The molecule has 0 unspecified atom stereocenters. The van der Waals surface area contributed by atoms with Crippen molar-refractivity contribution in [2.24, 2.45) is 11.1 Å². The Bertz CT molecular complexity index is 565. The second-order valence-corrected chi connectivity index (χ2v) is 6.96. The third-order valence-electron chi connectivity index (χ3n) is 4.83. The lowest BCUT2D eigenvalue weighted by atomic mass is 9.64. The van der Waals surface area contributed by atoms with Gasteiger partial charge in [0, 0.05) is 31.1 Å². The van der Waals surface area contributed by atoms with Gasteiger partial charge < -0.3 is 20.7 Å². The normalized spacial score (nSPS) is 23.8. The highest BCUT2D eigenvalue weighted by Gasteiger charge is 2.46. The quantitative estimate of drug-likeness (QED) is 0.814. The lowest BCUT2D eigenvalue weighted by Gasteiger charge is -2.51. The molecule has 0 aromatic carbocycles. The highest BCUT2D eigenvalue weighted by molar-refractivity contribution is 7.12. The fourth-order valence-electron chi connectivity index (χ4n) is 3.44. The van der Waals surface area contributed by atoms with Gasteiger partial charge in [0.2, 0.25) is 0 Å². The van der Waals surface area contributed by atoms with Crippen LogP contribution in [0.25, 0.3) is 0 Å². The summed E-state index contributed by atoms with van der Waals surface area (Å²) in [6.45, 7) is -0.678. The van der Waals surface area contributed by atoms with Gasteiger partial charge in [0.1, 0.15) is 4.88 Å². The molecule has 1 aliphatic carbocycles. The topological polar surface area (TPSA) is 80.5 Å². The van der Waals surface area contributed by atoms with Crippen molar-refractivity contribution in [1.29, 1.82) is 0 Å². The molecular formula is C14H20F2N4O2S. The van der Waals surface area contributed by atoms with Gasteiger partial charge >= 0.3 is 6.61 Å². The predicted octanol–water partition coefficient (Wildman–Crippen LogP) is 1.43. The number of carbonyl (C=O) groups excluding carboxylic acids is 1. The lowest BCUT2D eigenvalue weighted by molar-refractivity contribution is -0.169. The minimum Gasteiger partial charge on any atom is -0.365 e. The number of hydrogen-bond acceptors (Lipinski definition) is 6. The molecule has 0 spiro atoms. The number of amides is 1. The number of carbonyl (C=O) groups is 1. The smallest absolute Gasteiger partial charge is 0.345 e. The van der Waals surface area contributed by atoms with Crippen LogP contribution in [0.15, 0.2) is 5.51 Å². The molecule has 1 aliphatic heterocycles.